The molecule has 0 saturated carbocycles. The number of hydrogen-bond donors (Lipinski definition) is 1. The third-order valence-electron chi connectivity index (χ3n) is 3.97. The minimum atomic E-state index is 0.137. The summed E-state index contributed by atoms with van der Waals surface area (Å²) in [5, 5.41) is 3.07. The van der Waals surface area contributed by atoms with Crippen LogP contribution in [0.15, 0.2) is 0 Å². The number of carbonyl (C=O) groups excluding carboxylic acids is 1. The fourth-order valence-corrected chi connectivity index (χ4v) is 2.60. The van der Waals surface area contributed by atoms with Crippen molar-refractivity contribution < 1.29 is 4.79 Å². The van der Waals surface area contributed by atoms with E-state index in [-0.39, 0.29) is 6.03 Å². The molecule has 4 heteroatoms. The molecule has 0 spiro atoms. The molecule has 1 atom stereocenters. The van der Waals surface area contributed by atoms with Gasteiger partial charge in [-0.25, -0.2) is 4.79 Å². The van der Waals surface area contributed by atoms with Crippen LogP contribution in [0, 0.1) is 5.92 Å². The number of hydrogen-bond acceptors (Lipinski definition) is 2. The molecule has 2 rings (SSSR count). The predicted molar refractivity (Wildman–Crippen MR) is 69.0 cm³/mol. The van der Waals surface area contributed by atoms with E-state index in [1.165, 1.54) is 19.4 Å². The molecular formula is C13H25N3O. The normalized spacial score (nSPS) is 25.8. The van der Waals surface area contributed by atoms with Crippen LogP contribution in [0.3, 0.4) is 0 Å². The Morgan fingerprint density at radius 3 is 2.65 bits per heavy atom. The van der Waals surface area contributed by atoms with Crippen molar-refractivity contribution in [2.45, 2.75) is 39.2 Å². The van der Waals surface area contributed by atoms with Gasteiger partial charge in [0.1, 0.15) is 0 Å². The van der Waals surface area contributed by atoms with Gasteiger partial charge in [-0.2, -0.15) is 0 Å². The Morgan fingerprint density at radius 1 is 1.29 bits per heavy atom. The number of piperidine rings is 1. The van der Waals surface area contributed by atoms with Crippen LogP contribution >= 0.6 is 0 Å². The van der Waals surface area contributed by atoms with Gasteiger partial charge in [0, 0.05) is 32.2 Å². The Morgan fingerprint density at radius 2 is 2.06 bits per heavy atom. The Balaban J connectivity index is 1.69. The first-order chi connectivity index (χ1) is 8.16. The van der Waals surface area contributed by atoms with Crippen molar-refractivity contribution in [3.05, 3.63) is 0 Å². The van der Waals surface area contributed by atoms with Crippen LogP contribution in [-0.2, 0) is 0 Å². The lowest BCUT2D eigenvalue weighted by molar-refractivity contribution is 0.133. The van der Waals surface area contributed by atoms with Crippen LogP contribution < -0.4 is 5.32 Å². The Hall–Kier alpha value is -0.770. The molecule has 0 aromatic carbocycles. The summed E-state index contributed by atoms with van der Waals surface area (Å²) in [6.45, 7) is 9.58. The van der Waals surface area contributed by atoms with Crippen molar-refractivity contribution >= 4 is 6.03 Å². The Bertz CT molecular complexity index is 263. The highest BCUT2D eigenvalue weighted by Gasteiger charge is 2.24. The minimum Gasteiger partial charge on any atom is -0.338 e. The predicted octanol–water partition coefficient (Wildman–Crippen LogP) is 1.52. The van der Waals surface area contributed by atoms with Crippen molar-refractivity contribution in [3.8, 4) is 0 Å². The first kappa shape index (κ1) is 12.7. The van der Waals surface area contributed by atoms with E-state index in [1.54, 1.807) is 0 Å². The second-order valence-electron chi connectivity index (χ2n) is 5.62. The van der Waals surface area contributed by atoms with Crippen LogP contribution in [0.2, 0.25) is 0 Å². The zero-order valence-electron chi connectivity index (χ0n) is 11.1. The zero-order valence-corrected chi connectivity index (χ0v) is 11.1. The van der Waals surface area contributed by atoms with Gasteiger partial charge in [0.05, 0.1) is 0 Å². The van der Waals surface area contributed by atoms with Gasteiger partial charge < -0.3 is 15.1 Å². The lowest BCUT2D eigenvalue weighted by Crippen LogP contribution is -2.50. The second kappa shape index (κ2) is 5.71. The molecule has 0 radical (unpaired) electrons. The van der Waals surface area contributed by atoms with Crippen LogP contribution in [0.5, 0.6) is 0 Å². The number of likely N-dealkylation sites (tertiary alicyclic amines) is 2. The van der Waals surface area contributed by atoms with Crippen molar-refractivity contribution in [2.75, 3.05) is 32.7 Å². The Labute approximate surface area is 104 Å². The largest absolute Gasteiger partial charge is 0.338 e. The highest BCUT2D eigenvalue weighted by atomic mass is 16.2. The topological polar surface area (TPSA) is 35.6 Å². The maximum atomic E-state index is 11.7. The Kier molecular flexibility index (Phi) is 4.26. The molecule has 1 unspecified atom stereocenters. The van der Waals surface area contributed by atoms with Crippen LogP contribution in [0.25, 0.3) is 0 Å². The summed E-state index contributed by atoms with van der Waals surface area (Å²) in [5.41, 5.74) is 0. The van der Waals surface area contributed by atoms with Gasteiger partial charge in [0.2, 0.25) is 0 Å². The van der Waals surface area contributed by atoms with E-state index in [0.717, 1.165) is 32.6 Å². The highest BCUT2D eigenvalue weighted by molar-refractivity contribution is 5.74. The van der Waals surface area contributed by atoms with E-state index in [4.69, 9.17) is 0 Å². The minimum absolute atomic E-state index is 0.137. The summed E-state index contributed by atoms with van der Waals surface area (Å²) in [6.07, 6.45) is 3.68. The first-order valence-electron chi connectivity index (χ1n) is 6.93. The fourth-order valence-electron chi connectivity index (χ4n) is 2.60. The van der Waals surface area contributed by atoms with Gasteiger partial charge in [-0.1, -0.05) is 0 Å². The maximum Gasteiger partial charge on any atom is 0.317 e. The average Bonchev–Trinajstić information content (AvgIpc) is 2.24. The molecule has 2 amide bonds. The van der Waals surface area contributed by atoms with Crippen molar-refractivity contribution in [2.24, 2.45) is 5.92 Å². The highest BCUT2D eigenvalue weighted by Crippen LogP contribution is 2.17. The zero-order chi connectivity index (χ0) is 12.3. The summed E-state index contributed by atoms with van der Waals surface area (Å²) in [5.74, 6) is 0.636. The lowest BCUT2D eigenvalue weighted by atomic mass is 9.97. The number of urea groups is 1. The summed E-state index contributed by atoms with van der Waals surface area (Å²) < 4.78 is 0. The summed E-state index contributed by atoms with van der Waals surface area (Å²) >= 11 is 0. The van der Waals surface area contributed by atoms with E-state index in [1.807, 2.05) is 4.90 Å². The van der Waals surface area contributed by atoms with E-state index in [2.05, 4.69) is 24.1 Å². The maximum absolute atomic E-state index is 11.7. The molecule has 0 bridgehead atoms. The summed E-state index contributed by atoms with van der Waals surface area (Å²) in [4.78, 5) is 16.1. The third-order valence-corrected chi connectivity index (χ3v) is 3.97. The van der Waals surface area contributed by atoms with Gasteiger partial charge in [-0.15, -0.1) is 0 Å². The molecule has 1 N–H and O–H groups in total. The molecule has 2 fully saturated rings. The number of nitrogens with zero attached hydrogens (tertiary/aromatic N) is 2. The van der Waals surface area contributed by atoms with E-state index >= 15 is 0 Å². The SMILES string of the molecule is CC(C)N1CCCC(CNC(=O)N2CCC2)C1. The van der Waals surface area contributed by atoms with Crippen molar-refractivity contribution in [3.63, 3.8) is 0 Å². The fraction of sp³-hybridized carbons (Fsp3) is 0.923. The smallest absolute Gasteiger partial charge is 0.317 e. The van der Waals surface area contributed by atoms with Gasteiger partial charge in [0.25, 0.3) is 0 Å². The molecule has 2 heterocycles. The summed E-state index contributed by atoms with van der Waals surface area (Å²) in [6, 6.07) is 0.766. The van der Waals surface area contributed by atoms with Crippen LogP contribution in [0.1, 0.15) is 33.1 Å². The standard InChI is InChI=1S/C13H25N3O/c1-11(2)16-6-3-5-12(10-16)9-14-13(17)15-7-4-8-15/h11-12H,3-10H2,1-2H3,(H,14,17). The second-order valence-corrected chi connectivity index (χ2v) is 5.62. The van der Waals surface area contributed by atoms with E-state index in [9.17, 15) is 4.79 Å². The monoisotopic (exact) mass is 239 g/mol. The number of nitrogens with one attached hydrogen (secondary N) is 1. The van der Waals surface area contributed by atoms with E-state index in [0.29, 0.717) is 12.0 Å². The quantitative estimate of drug-likeness (QED) is 0.810. The molecular weight excluding hydrogens is 214 g/mol. The van der Waals surface area contributed by atoms with Gasteiger partial charge in [0.15, 0.2) is 0 Å². The first-order valence-corrected chi connectivity index (χ1v) is 6.93. The van der Waals surface area contributed by atoms with Crippen molar-refractivity contribution in [1.29, 1.82) is 0 Å². The average molecular weight is 239 g/mol. The number of amides is 2. The molecule has 0 aliphatic carbocycles. The van der Waals surface area contributed by atoms with Crippen LogP contribution in [-0.4, -0.2) is 54.6 Å². The van der Waals surface area contributed by atoms with E-state index < -0.39 is 0 Å². The van der Waals surface area contributed by atoms with Gasteiger partial charge >= 0.3 is 6.03 Å². The van der Waals surface area contributed by atoms with Crippen LogP contribution in [0.4, 0.5) is 4.79 Å². The van der Waals surface area contributed by atoms with Gasteiger partial charge in [-0.3, -0.25) is 0 Å². The molecule has 4 nitrogen and oxygen atoms in total. The molecule has 17 heavy (non-hydrogen) atoms. The number of carbonyl (C=O) groups is 1. The molecule has 98 valence electrons. The third kappa shape index (κ3) is 3.35. The lowest BCUT2D eigenvalue weighted by Gasteiger charge is -2.36. The van der Waals surface area contributed by atoms with Gasteiger partial charge in [-0.05, 0) is 45.6 Å². The number of rotatable bonds is 3. The molecule has 2 aliphatic heterocycles. The summed E-state index contributed by atoms with van der Waals surface area (Å²) in [7, 11) is 0. The molecule has 2 aliphatic rings. The molecule has 0 aromatic heterocycles. The molecule has 0 aromatic rings. The van der Waals surface area contributed by atoms with Crippen molar-refractivity contribution in [1.82, 2.24) is 15.1 Å². The molecule has 2 saturated heterocycles.